The van der Waals surface area contributed by atoms with E-state index in [1.54, 1.807) is 6.08 Å². The van der Waals surface area contributed by atoms with E-state index >= 15 is 0 Å². The van der Waals surface area contributed by atoms with Gasteiger partial charge in [0.1, 0.15) is 5.92 Å². The van der Waals surface area contributed by atoms with E-state index in [9.17, 15) is 9.59 Å². The van der Waals surface area contributed by atoms with Crippen LogP contribution in [-0.4, -0.2) is 16.9 Å². The molecule has 10 heavy (non-hydrogen) atoms. The maximum Gasteiger partial charge on any atom is 0.317 e. The number of aliphatic carboxylic acids is 1. The Labute approximate surface area is 58.4 Å². The fraction of sp³-hybridized carbons (Fsp3) is 0.429. The van der Waals surface area contributed by atoms with Crippen LogP contribution in [0.15, 0.2) is 12.2 Å². The summed E-state index contributed by atoms with van der Waals surface area (Å²) in [5.41, 5.74) is 0. The van der Waals surface area contributed by atoms with Crippen LogP contribution in [0.5, 0.6) is 0 Å². The maximum absolute atomic E-state index is 10.8. The molecule has 0 aliphatic heterocycles. The van der Waals surface area contributed by atoms with Gasteiger partial charge in [-0.2, -0.15) is 0 Å². The third kappa shape index (κ3) is 1.23. The van der Waals surface area contributed by atoms with Crippen LogP contribution < -0.4 is 0 Å². The fourth-order valence-corrected chi connectivity index (χ4v) is 0.941. The Morgan fingerprint density at radius 1 is 1.70 bits per heavy atom. The monoisotopic (exact) mass is 140 g/mol. The van der Waals surface area contributed by atoms with Crippen molar-refractivity contribution in [2.24, 2.45) is 5.92 Å². The van der Waals surface area contributed by atoms with Crippen LogP contribution in [0.3, 0.4) is 0 Å². The molecule has 1 rings (SSSR count). The van der Waals surface area contributed by atoms with Gasteiger partial charge < -0.3 is 5.11 Å². The van der Waals surface area contributed by atoms with E-state index in [4.69, 9.17) is 5.11 Å². The molecule has 0 amide bonds. The second-order valence-corrected chi connectivity index (χ2v) is 2.25. The quantitative estimate of drug-likeness (QED) is 0.428. The molecule has 0 saturated carbocycles. The summed E-state index contributed by atoms with van der Waals surface area (Å²) < 4.78 is 0. The number of hydrogen-bond acceptors (Lipinski definition) is 2. The van der Waals surface area contributed by atoms with Gasteiger partial charge in [-0.1, -0.05) is 12.2 Å². The van der Waals surface area contributed by atoms with Crippen molar-refractivity contribution in [3.05, 3.63) is 12.2 Å². The SMILES string of the molecule is O=C(O)C1C=CCCC1=O. The molecule has 0 aromatic rings. The first kappa shape index (κ1) is 6.99. The minimum atomic E-state index is -1.04. The van der Waals surface area contributed by atoms with Crippen molar-refractivity contribution in [2.75, 3.05) is 0 Å². The van der Waals surface area contributed by atoms with Gasteiger partial charge in [0.2, 0.25) is 0 Å². The van der Waals surface area contributed by atoms with Gasteiger partial charge in [0.05, 0.1) is 0 Å². The van der Waals surface area contributed by atoms with Crippen LogP contribution in [0.2, 0.25) is 0 Å². The highest BCUT2D eigenvalue weighted by Gasteiger charge is 2.24. The van der Waals surface area contributed by atoms with E-state index in [0.29, 0.717) is 12.8 Å². The minimum absolute atomic E-state index is 0.185. The minimum Gasteiger partial charge on any atom is -0.480 e. The molecule has 1 aliphatic rings. The number of ketones is 1. The van der Waals surface area contributed by atoms with Gasteiger partial charge in [-0.05, 0) is 6.42 Å². The highest BCUT2D eigenvalue weighted by Crippen LogP contribution is 2.12. The molecular formula is C7H8O3. The summed E-state index contributed by atoms with van der Waals surface area (Å²) in [6.45, 7) is 0. The number of allylic oxidation sites excluding steroid dienone is 1. The van der Waals surface area contributed by atoms with Crippen LogP contribution in [0.4, 0.5) is 0 Å². The zero-order chi connectivity index (χ0) is 7.56. The summed E-state index contributed by atoms with van der Waals surface area (Å²) in [6.07, 6.45) is 4.24. The molecule has 0 spiro atoms. The first-order chi connectivity index (χ1) is 4.72. The van der Waals surface area contributed by atoms with Gasteiger partial charge in [0.15, 0.2) is 5.78 Å². The van der Waals surface area contributed by atoms with Crippen LogP contribution in [0, 0.1) is 5.92 Å². The van der Waals surface area contributed by atoms with Crippen molar-refractivity contribution < 1.29 is 14.7 Å². The van der Waals surface area contributed by atoms with Crippen molar-refractivity contribution >= 4 is 11.8 Å². The van der Waals surface area contributed by atoms with Gasteiger partial charge in [0, 0.05) is 6.42 Å². The first-order valence-electron chi connectivity index (χ1n) is 3.14. The summed E-state index contributed by atoms with van der Waals surface area (Å²) in [6, 6.07) is 0. The molecule has 0 aromatic carbocycles. The number of Topliss-reactive ketones (excluding diaryl/α,β-unsaturated/α-hetero) is 1. The van der Waals surface area contributed by atoms with E-state index in [-0.39, 0.29) is 5.78 Å². The molecule has 1 atom stereocenters. The molecule has 0 bridgehead atoms. The Kier molecular flexibility index (Phi) is 1.85. The standard InChI is InChI=1S/C7H8O3/c8-6-4-2-1-3-5(6)7(9)10/h1,3,5H,2,4H2,(H,9,10). The number of hydrogen-bond donors (Lipinski definition) is 1. The fourth-order valence-electron chi connectivity index (χ4n) is 0.941. The number of carboxylic acid groups (broad SMARTS) is 1. The van der Waals surface area contributed by atoms with Crippen molar-refractivity contribution in [1.82, 2.24) is 0 Å². The molecule has 0 saturated heterocycles. The van der Waals surface area contributed by atoms with Crippen molar-refractivity contribution in [2.45, 2.75) is 12.8 Å². The molecule has 54 valence electrons. The van der Waals surface area contributed by atoms with E-state index in [0.717, 1.165) is 0 Å². The van der Waals surface area contributed by atoms with Gasteiger partial charge in [-0.25, -0.2) is 0 Å². The highest BCUT2D eigenvalue weighted by atomic mass is 16.4. The number of carboxylic acids is 1. The molecule has 3 nitrogen and oxygen atoms in total. The molecule has 1 aliphatic carbocycles. The summed E-state index contributed by atoms with van der Waals surface area (Å²) in [4.78, 5) is 21.1. The summed E-state index contributed by atoms with van der Waals surface area (Å²) in [5, 5.41) is 8.44. The molecule has 0 radical (unpaired) electrons. The van der Waals surface area contributed by atoms with E-state index < -0.39 is 11.9 Å². The predicted molar refractivity (Wildman–Crippen MR) is 34.5 cm³/mol. The molecule has 0 aromatic heterocycles. The second-order valence-electron chi connectivity index (χ2n) is 2.25. The van der Waals surface area contributed by atoms with Gasteiger partial charge in [0.25, 0.3) is 0 Å². The lowest BCUT2D eigenvalue weighted by Crippen LogP contribution is -2.23. The summed E-state index contributed by atoms with van der Waals surface area (Å²) in [5.74, 6) is -2.11. The van der Waals surface area contributed by atoms with Crippen molar-refractivity contribution in [3.8, 4) is 0 Å². The first-order valence-corrected chi connectivity index (χ1v) is 3.14. The van der Waals surface area contributed by atoms with Gasteiger partial charge >= 0.3 is 5.97 Å². The van der Waals surface area contributed by atoms with Crippen molar-refractivity contribution in [3.63, 3.8) is 0 Å². The Morgan fingerprint density at radius 2 is 2.40 bits per heavy atom. The van der Waals surface area contributed by atoms with Crippen LogP contribution >= 0.6 is 0 Å². The predicted octanol–water partition coefficient (Wildman–Crippen LogP) is 0.606. The molecule has 0 heterocycles. The Balaban J connectivity index is 2.73. The summed E-state index contributed by atoms with van der Waals surface area (Å²) in [7, 11) is 0. The average molecular weight is 140 g/mol. The molecule has 1 unspecified atom stereocenters. The van der Waals surface area contributed by atoms with Crippen molar-refractivity contribution in [1.29, 1.82) is 0 Å². The molecule has 1 N–H and O–H groups in total. The van der Waals surface area contributed by atoms with Crippen LogP contribution in [0.1, 0.15) is 12.8 Å². The lowest BCUT2D eigenvalue weighted by atomic mass is 9.95. The zero-order valence-corrected chi connectivity index (χ0v) is 5.41. The lowest BCUT2D eigenvalue weighted by molar-refractivity contribution is -0.144. The largest absolute Gasteiger partial charge is 0.480 e. The lowest BCUT2D eigenvalue weighted by Gasteiger charge is -2.09. The normalized spacial score (nSPS) is 24.8. The number of carbonyl (C=O) groups excluding carboxylic acids is 1. The van der Waals surface area contributed by atoms with Gasteiger partial charge in [-0.15, -0.1) is 0 Å². The Morgan fingerprint density at radius 3 is 2.80 bits per heavy atom. The summed E-state index contributed by atoms with van der Waals surface area (Å²) >= 11 is 0. The van der Waals surface area contributed by atoms with Crippen LogP contribution in [-0.2, 0) is 9.59 Å². The molecular weight excluding hydrogens is 132 g/mol. The van der Waals surface area contributed by atoms with E-state index in [2.05, 4.69) is 0 Å². The Bertz CT molecular complexity index is 193. The molecule has 0 fully saturated rings. The molecule has 3 heteroatoms. The second kappa shape index (κ2) is 2.64. The van der Waals surface area contributed by atoms with E-state index in [1.807, 2.05) is 0 Å². The third-order valence-electron chi connectivity index (χ3n) is 1.50. The average Bonchev–Trinajstić information content (AvgIpc) is 1.88. The zero-order valence-electron chi connectivity index (χ0n) is 5.41. The maximum atomic E-state index is 10.8. The van der Waals surface area contributed by atoms with E-state index in [1.165, 1.54) is 6.08 Å². The topological polar surface area (TPSA) is 54.4 Å². The highest BCUT2D eigenvalue weighted by molar-refractivity contribution is 6.00. The number of carbonyl (C=O) groups is 2. The third-order valence-corrected chi connectivity index (χ3v) is 1.50. The Hall–Kier alpha value is -1.12. The van der Waals surface area contributed by atoms with Crippen LogP contribution in [0.25, 0.3) is 0 Å². The smallest absolute Gasteiger partial charge is 0.317 e. The van der Waals surface area contributed by atoms with Gasteiger partial charge in [-0.3, -0.25) is 9.59 Å². The number of rotatable bonds is 1.